The van der Waals surface area contributed by atoms with Crippen molar-refractivity contribution in [2.24, 2.45) is 0 Å². The lowest BCUT2D eigenvalue weighted by Gasteiger charge is -2.09. The number of hydrogen-bond donors (Lipinski definition) is 2. The second-order valence-corrected chi connectivity index (χ2v) is 5.84. The summed E-state index contributed by atoms with van der Waals surface area (Å²) in [6.07, 6.45) is 3.06. The van der Waals surface area contributed by atoms with Crippen molar-refractivity contribution in [2.45, 2.75) is 20.4 Å². The van der Waals surface area contributed by atoms with E-state index in [1.54, 1.807) is 0 Å². The molecule has 0 fully saturated rings. The Morgan fingerprint density at radius 3 is 2.24 bits per heavy atom. The van der Waals surface area contributed by atoms with Gasteiger partial charge in [-0.15, -0.1) is 0 Å². The summed E-state index contributed by atoms with van der Waals surface area (Å²) >= 11 is 0. The van der Waals surface area contributed by atoms with Crippen LogP contribution in [-0.2, 0) is 6.54 Å². The van der Waals surface area contributed by atoms with E-state index >= 15 is 0 Å². The van der Waals surface area contributed by atoms with Gasteiger partial charge in [-0.25, -0.2) is 9.97 Å². The van der Waals surface area contributed by atoms with Crippen LogP contribution in [0.1, 0.15) is 27.0 Å². The number of carbonyl (C=O) groups excluding carboxylic acids is 1. The van der Waals surface area contributed by atoms with Gasteiger partial charge in [0.05, 0.1) is 5.56 Å². The van der Waals surface area contributed by atoms with Gasteiger partial charge in [0.15, 0.2) is 0 Å². The van der Waals surface area contributed by atoms with Crippen molar-refractivity contribution in [2.75, 3.05) is 5.32 Å². The normalized spacial score (nSPS) is 10.3. The molecule has 0 saturated carbocycles. The summed E-state index contributed by atoms with van der Waals surface area (Å²) in [6.45, 7) is 4.51. The van der Waals surface area contributed by atoms with Gasteiger partial charge in [0, 0.05) is 24.6 Å². The first-order valence-electron chi connectivity index (χ1n) is 8.11. The van der Waals surface area contributed by atoms with E-state index < -0.39 is 0 Å². The number of anilines is 2. The molecular weight excluding hydrogens is 312 g/mol. The molecule has 126 valence electrons. The lowest BCUT2D eigenvalue weighted by molar-refractivity contribution is 0.0950. The van der Waals surface area contributed by atoms with E-state index in [2.05, 4.69) is 20.6 Å². The van der Waals surface area contributed by atoms with Gasteiger partial charge < -0.3 is 10.6 Å². The minimum Gasteiger partial charge on any atom is -0.348 e. The second-order valence-electron chi connectivity index (χ2n) is 5.84. The lowest BCUT2D eigenvalue weighted by Crippen LogP contribution is -2.23. The molecular formula is C20H20N4O. The lowest BCUT2D eigenvalue weighted by atomic mass is 10.1. The Kier molecular flexibility index (Phi) is 5.04. The predicted molar refractivity (Wildman–Crippen MR) is 98.8 cm³/mol. The second kappa shape index (κ2) is 7.57. The topological polar surface area (TPSA) is 66.9 Å². The van der Waals surface area contributed by atoms with Crippen LogP contribution < -0.4 is 10.6 Å². The maximum atomic E-state index is 12.2. The van der Waals surface area contributed by atoms with E-state index in [0.29, 0.717) is 18.1 Å². The van der Waals surface area contributed by atoms with Crippen molar-refractivity contribution < 1.29 is 4.79 Å². The number of carbonyl (C=O) groups is 1. The van der Waals surface area contributed by atoms with Gasteiger partial charge in [0.25, 0.3) is 5.91 Å². The van der Waals surface area contributed by atoms with Crippen LogP contribution in [0.4, 0.5) is 11.6 Å². The Morgan fingerprint density at radius 1 is 0.920 bits per heavy atom. The molecule has 5 heteroatoms. The number of hydrogen-bond acceptors (Lipinski definition) is 4. The van der Waals surface area contributed by atoms with E-state index in [4.69, 9.17) is 0 Å². The molecule has 0 saturated heterocycles. The average Bonchev–Trinajstić information content (AvgIpc) is 2.63. The summed E-state index contributed by atoms with van der Waals surface area (Å²) in [5, 5.41) is 6.04. The summed E-state index contributed by atoms with van der Waals surface area (Å²) < 4.78 is 0. The van der Waals surface area contributed by atoms with E-state index in [9.17, 15) is 4.79 Å². The molecule has 0 atom stereocenters. The number of nitrogens with zero attached hydrogens (tertiary/aromatic N) is 2. The molecule has 5 nitrogen and oxygen atoms in total. The molecule has 1 aromatic heterocycles. The first kappa shape index (κ1) is 16.6. The molecule has 0 aliphatic carbocycles. The van der Waals surface area contributed by atoms with Crippen molar-refractivity contribution in [1.82, 2.24) is 15.3 Å². The maximum Gasteiger partial charge on any atom is 0.254 e. The fraction of sp³-hybridized carbons (Fsp3) is 0.150. The number of amides is 1. The van der Waals surface area contributed by atoms with E-state index in [1.165, 1.54) is 12.4 Å². The highest BCUT2D eigenvalue weighted by Gasteiger charge is 2.08. The van der Waals surface area contributed by atoms with Crippen LogP contribution in [0.2, 0.25) is 0 Å². The fourth-order valence-corrected chi connectivity index (χ4v) is 2.43. The van der Waals surface area contributed by atoms with Crippen LogP contribution in [0.5, 0.6) is 0 Å². The number of benzene rings is 2. The zero-order valence-corrected chi connectivity index (χ0v) is 14.3. The molecule has 0 bridgehead atoms. The quantitative estimate of drug-likeness (QED) is 0.746. The maximum absolute atomic E-state index is 12.2. The molecule has 0 aliphatic heterocycles. The number of nitrogens with one attached hydrogen (secondary N) is 2. The highest BCUT2D eigenvalue weighted by atomic mass is 16.1. The van der Waals surface area contributed by atoms with Gasteiger partial charge in [-0.05, 0) is 36.6 Å². The fourth-order valence-electron chi connectivity index (χ4n) is 2.43. The van der Waals surface area contributed by atoms with Gasteiger partial charge in [0.1, 0.15) is 0 Å². The molecule has 1 amide bonds. The van der Waals surface area contributed by atoms with Crippen molar-refractivity contribution >= 4 is 17.5 Å². The van der Waals surface area contributed by atoms with Crippen LogP contribution in [0.3, 0.4) is 0 Å². The van der Waals surface area contributed by atoms with Crippen molar-refractivity contribution in [3.05, 3.63) is 83.2 Å². The van der Waals surface area contributed by atoms with E-state index in [-0.39, 0.29) is 5.91 Å². The Bertz CT molecular complexity index is 875. The van der Waals surface area contributed by atoms with Crippen molar-refractivity contribution in [3.63, 3.8) is 0 Å². The van der Waals surface area contributed by atoms with Gasteiger partial charge in [-0.2, -0.15) is 0 Å². The first-order chi connectivity index (χ1) is 12.1. The minimum absolute atomic E-state index is 0.189. The summed E-state index contributed by atoms with van der Waals surface area (Å²) in [6, 6.07) is 15.9. The Hall–Kier alpha value is -3.21. The number of aryl methyl sites for hydroxylation is 2. The Morgan fingerprint density at radius 2 is 1.56 bits per heavy atom. The standard InChI is InChI=1S/C20H20N4O/c1-14-7-3-5-9-16(14)11-21-19(25)17-12-22-20(23-13-17)24-18-10-6-4-8-15(18)2/h3-10,12-13H,11H2,1-2H3,(H,21,25)(H,22,23,24). The monoisotopic (exact) mass is 332 g/mol. The first-order valence-corrected chi connectivity index (χ1v) is 8.11. The van der Waals surface area contributed by atoms with Crippen molar-refractivity contribution in [1.29, 1.82) is 0 Å². The molecule has 2 N–H and O–H groups in total. The van der Waals surface area contributed by atoms with Crippen LogP contribution in [0.25, 0.3) is 0 Å². The molecule has 0 unspecified atom stereocenters. The Labute approximate surface area is 147 Å². The van der Waals surface area contributed by atoms with E-state index in [1.807, 2.05) is 62.4 Å². The average molecular weight is 332 g/mol. The highest BCUT2D eigenvalue weighted by Crippen LogP contribution is 2.17. The van der Waals surface area contributed by atoms with Crippen LogP contribution >= 0.6 is 0 Å². The zero-order valence-electron chi connectivity index (χ0n) is 14.3. The molecule has 3 aromatic rings. The predicted octanol–water partition coefficient (Wildman–Crippen LogP) is 3.77. The molecule has 25 heavy (non-hydrogen) atoms. The number of rotatable bonds is 5. The number of aromatic nitrogens is 2. The molecule has 0 radical (unpaired) electrons. The summed E-state index contributed by atoms with van der Waals surface area (Å²) in [7, 11) is 0. The van der Waals surface area contributed by atoms with Gasteiger partial charge in [0.2, 0.25) is 5.95 Å². The largest absolute Gasteiger partial charge is 0.348 e. The van der Waals surface area contributed by atoms with Crippen LogP contribution in [0.15, 0.2) is 60.9 Å². The van der Waals surface area contributed by atoms with Gasteiger partial charge in [-0.3, -0.25) is 4.79 Å². The molecule has 0 spiro atoms. The SMILES string of the molecule is Cc1ccccc1CNC(=O)c1cnc(Nc2ccccc2C)nc1. The van der Waals surface area contributed by atoms with Crippen molar-refractivity contribution in [3.8, 4) is 0 Å². The van der Waals surface area contributed by atoms with Crippen LogP contribution in [0, 0.1) is 13.8 Å². The van der Waals surface area contributed by atoms with Crippen LogP contribution in [-0.4, -0.2) is 15.9 Å². The zero-order chi connectivity index (χ0) is 17.6. The minimum atomic E-state index is -0.189. The third-order valence-electron chi connectivity index (χ3n) is 4.01. The third-order valence-corrected chi connectivity index (χ3v) is 4.01. The summed E-state index contributed by atoms with van der Waals surface area (Å²) in [4.78, 5) is 20.7. The molecule has 2 aromatic carbocycles. The summed E-state index contributed by atoms with van der Waals surface area (Å²) in [5.74, 6) is 0.274. The molecule has 0 aliphatic rings. The van der Waals surface area contributed by atoms with Gasteiger partial charge in [-0.1, -0.05) is 42.5 Å². The summed E-state index contributed by atoms with van der Waals surface area (Å²) in [5.41, 5.74) is 4.72. The molecule has 1 heterocycles. The molecule has 3 rings (SSSR count). The van der Waals surface area contributed by atoms with Gasteiger partial charge >= 0.3 is 0 Å². The van der Waals surface area contributed by atoms with E-state index in [0.717, 1.165) is 22.4 Å². The highest BCUT2D eigenvalue weighted by molar-refractivity contribution is 5.93. The Balaban J connectivity index is 1.63. The third kappa shape index (κ3) is 4.20. The number of para-hydroxylation sites is 1. The smallest absolute Gasteiger partial charge is 0.254 e.